The van der Waals surface area contributed by atoms with Crippen LogP contribution in [0.25, 0.3) is 0 Å². The fourth-order valence-electron chi connectivity index (χ4n) is 1.52. The van der Waals surface area contributed by atoms with E-state index in [1.54, 1.807) is 0 Å². The molecule has 0 aromatic carbocycles. The summed E-state index contributed by atoms with van der Waals surface area (Å²) in [6, 6.07) is 0. The van der Waals surface area contributed by atoms with Gasteiger partial charge in [-0.1, -0.05) is 26.7 Å². The summed E-state index contributed by atoms with van der Waals surface area (Å²) in [6.07, 6.45) is 5.26. The van der Waals surface area contributed by atoms with Gasteiger partial charge in [0.1, 0.15) is 0 Å². The molecule has 0 bridgehead atoms. The normalized spacial score (nSPS) is 34.8. The predicted octanol–water partition coefficient (Wildman–Crippen LogP) is 2.96. The molecule has 0 N–H and O–H groups in total. The standard InChI is InChI=1S/C11H22O2/c1-4-5-6-7-11-12-8-9(2)10(3)13-11/h9-11H,4-8H2,1-3H3. The minimum absolute atomic E-state index is 0.0674. The van der Waals surface area contributed by atoms with E-state index in [9.17, 15) is 0 Å². The molecule has 1 rings (SSSR count). The Morgan fingerprint density at radius 3 is 2.62 bits per heavy atom. The van der Waals surface area contributed by atoms with Crippen molar-refractivity contribution in [1.29, 1.82) is 0 Å². The quantitative estimate of drug-likeness (QED) is 0.628. The van der Waals surface area contributed by atoms with Gasteiger partial charge in [-0.05, 0) is 19.8 Å². The molecule has 78 valence electrons. The van der Waals surface area contributed by atoms with Gasteiger partial charge in [0.25, 0.3) is 0 Å². The summed E-state index contributed by atoms with van der Waals surface area (Å²) >= 11 is 0. The van der Waals surface area contributed by atoms with Gasteiger partial charge in [-0.3, -0.25) is 0 Å². The maximum atomic E-state index is 5.72. The topological polar surface area (TPSA) is 18.5 Å². The van der Waals surface area contributed by atoms with Crippen molar-refractivity contribution in [2.24, 2.45) is 5.92 Å². The summed E-state index contributed by atoms with van der Waals surface area (Å²) in [7, 11) is 0. The first-order valence-electron chi connectivity index (χ1n) is 5.51. The van der Waals surface area contributed by atoms with Crippen LogP contribution in [0.4, 0.5) is 0 Å². The summed E-state index contributed by atoms with van der Waals surface area (Å²) in [5, 5.41) is 0. The van der Waals surface area contributed by atoms with Crippen LogP contribution in [0.2, 0.25) is 0 Å². The highest BCUT2D eigenvalue weighted by Crippen LogP contribution is 2.21. The highest BCUT2D eigenvalue weighted by atomic mass is 16.7. The van der Waals surface area contributed by atoms with Crippen molar-refractivity contribution >= 4 is 0 Å². The molecule has 1 saturated heterocycles. The van der Waals surface area contributed by atoms with Crippen LogP contribution in [0.1, 0.15) is 46.5 Å². The van der Waals surface area contributed by atoms with Crippen molar-refractivity contribution in [3.05, 3.63) is 0 Å². The first-order chi connectivity index (χ1) is 6.24. The molecule has 0 radical (unpaired) electrons. The monoisotopic (exact) mass is 186 g/mol. The third-order valence-corrected chi connectivity index (χ3v) is 2.76. The zero-order valence-corrected chi connectivity index (χ0v) is 9.08. The van der Waals surface area contributed by atoms with Crippen LogP contribution >= 0.6 is 0 Å². The van der Waals surface area contributed by atoms with E-state index in [0.29, 0.717) is 12.0 Å². The van der Waals surface area contributed by atoms with Crippen molar-refractivity contribution in [2.45, 2.75) is 58.8 Å². The number of ether oxygens (including phenoxy) is 2. The minimum Gasteiger partial charge on any atom is -0.352 e. The summed E-state index contributed by atoms with van der Waals surface area (Å²) in [5.74, 6) is 0.544. The molecule has 2 heteroatoms. The van der Waals surface area contributed by atoms with Crippen molar-refractivity contribution < 1.29 is 9.47 Å². The molecule has 13 heavy (non-hydrogen) atoms. The lowest BCUT2D eigenvalue weighted by atomic mass is 10.1. The Bertz CT molecular complexity index is 136. The van der Waals surface area contributed by atoms with Crippen LogP contribution in [0.5, 0.6) is 0 Å². The van der Waals surface area contributed by atoms with Gasteiger partial charge in [-0.2, -0.15) is 0 Å². The van der Waals surface area contributed by atoms with E-state index in [1.807, 2.05) is 0 Å². The number of rotatable bonds is 4. The zero-order chi connectivity index (χ0) is 9.68. The Morgan fingerprint density at radius 2 is 2.00 bits per heavy atom. The molecule has 0 saturated carbocycles. The second-order valence-corrected chi connectivity index (χ2v) is 4.08. The molecule has 1 fully saturated rings. The number of hydrogen-bond acceptors (Lipinski definition) is 2. The Kier molecular flexibility index (Phi) is 4.74. The zero-order valence-electron chi connectivity index (χ0n) is 9.08. The van der Waals surface area contributed by atoms with E-state index in [2.05, 4.69) is 20.8 Å². The van der Waals surface area contributed by atoms with E-state index in [-0.39, 0.29) is 6.29 Å². The molecule has 1 aliphatic heterocycles. The van der Waals surface area contributed by atoms with Crippen LogP contribution in [-0.4, -0.2) is 19.0 Å². The lowest BCUT2D eigenvalue weighted by molar-refractivity contribution is -0.231. The van der Waals surface area contributed by atoms with E-state index in [4.69, 9.17) is 9.47 Å². The molecular formula is C11H22O2. The van der Waals surface area contributed by atoms with Gasteiger partial charge >= 0.3 is 0 Å². The molecule has 3 unspecified atom stereocenters. The molecule has 1 aliphatic rings. The smallest absolute Gasteiger partial charge is 0.157 e. The Balaban J connectivity index is 2.14. The van der Waals surface area contributed by atoms with Gasteiger partial charge in [0.15, 0.2) is 6.29 Å². The lowest BCUT2D eigenvalue weighted by Gasteiger charge is -2.32. The first kappa shape index (κ1) is 11.0. The average Bonchev–Trinajstić information content (AvgIpc) is 2.12. The largest absolute Gasteiger partial charge is 0.352 e. The van der Waals surface area contributed by atoms with E-state index in [0.717, 1.165) is 13.0 Å². The molecule has 0 aromatic heterocycles. The fraction of sp³-hybridized carbons (Fsp3) is 1.00. The molecule has 0 spiro atoms. The Hall–Kier alpha value is -0.0800. The van der Waals surface area contributed by atoms with Crippen molar-refractivity contribution in [3.8, 4) is 0 Å². The van der Waals surface area contributed by atoms with Gasteiger partial charge < -0.3 is 9.47 Å². The van der Waals surface area contributed by atoms with Crippen molar-refractivity contribution in [3.63, 3.8) is 0 Å². The third-order valence-electron chi connectivity index (χ3n) is 2.76. The molecule has 2 nitrogen and oxygen atoms in total. The van der Waals surface area contributed by atoms with Gasteiger partial charge in [0.2, 0.25) is 0 Å². The molecular weight excluding hydrogens is 164 g/mol. The minimum atomic E-state index is 0.0674. The highest BCUT2D eigenvalue weighted by Gasteiger charge is 2.24. The summed E-state index contributed by atoms with van der Waals surface area (Å²) < 4.78 is 11.3. The van der Waals surface area contributed by atoms with Crippen molar-refractivity contribution in [2.75, 3.05) is 6.61 Å². The second-order valence-electron chi connectivity index (χ2n) is 4.08. The maximum Gasteiger partial charge on any atom is 0.157 e. The van der Waals surface area contributed by atoms with Gasteiger partial charge in [0.05, 0.1) is 12.7 Å². The average molecular weight is 186 g/mol. The Morgan fingerprint density at radius 1 is 1.23 bits per heavy atom. The van der Waals surface area contributed by atoms with E-state index in [1.165, 1.54) is 19.3 Å². The van der Waals surface area contributed by atoms with Crippen LogP contribution in [0.3, 0.4) is 0 Å². The summed E-state index contributed by atoms with van der Waals surface area (Å²) in [5.41, 5.74) is 0. The van der Waals surface area contributed by atoms with E-state index >= 15 is 0 Å². The SMILES string of the molecule is CCCCCC1OCC(C)C(C)O1. The number of hydrogen-bond donors (Lipinski definition) is 0. The summed E-state index contributed by atoms with van der Waals surface area (Å²) in [6.45, 7) is 7.39. The van der Waals surface area contributed by atoms with Crippen molar-refractivity contribution in [1.82, 2.24) is 0 Å². The van der Waals surface area contributed by atoms with Crippen LogP contribution in [0, 0.1) is 5.92 Å². The second kappa shape index (κ2) is 5.61. The van der Waals surface area contributed by atoms with Gasteiger partial charge in [-0.25, -0.2) is 0 Å². The summed E-state index contributed by atoms with van der Waals surface area (Å²) in [4.78, 5) is 0. The number of unbranched alkanes of at least 4 members (excludes halogenated alkanes) is 2. The van der Waals surface area contributed by atoms with E-state index < -0.39 is 0 Å². The highest BCUT2D eigenvalue weighted by molar-refractivity contribution is 4.66. The molecule has 0 aliphatic carbocycles. The van der Waals surface area contributed by atoms with Gasteiger partial charge in [0, 0.05) is 5.92 Å². The Labute approximate surface area is 81.6 Å². The molecule has 0 aromatic rings. The van der Waals surface area contributed by atoms with Crippen LogP contribution < -0.4 is 0 Å². The predicted molar refractivity (Wildman–Crippen MR) is 53.6 cm³/mol. The molecule has 1 heterocycles. The molecule has 3 atom stereocenters. The van der Waals surface area contributed by atoms with Crippen LogP contribution in [0.15, 0.2) is 0 Å². The van der Waals surface area contributed by atoms with Gasteiger partial charge in [-0.15, -0.1) is 0 Å². The van der Waals surface area contributed by atoms with Crippen LogP contribution in [-0.2, 0) is 9.47 Å². The molecule has 0 amide bonds. The third kappa shape index (κ3) is 3.65. The maximum absolute atomic E-state index is 5.72. The first-order valence-corrected chi connectivity index (χ1v) is 5.51. The fourth-order valence-corrected chi connectivity index (χ4v) is 1.52. The lowest BCUT2D eigenvalue weighted by Crippen LogP contribution is -2.36.